The Labute approximate surface area is 115 Å². The van der Waals surface area contributed by atoms with Gasteiger partial charge in [-0.15, -0.1) is 0 Å². The molecule has 0 aliphatic rings. The van der Waals surface area contributed by atoms with E-state index >= 15 is 0 Å². The maximum absolute atomic E-state index is 11.6. The largest absolute Gasteiger partial charge is 0.388 e. The van der Waals surface area contributed by atoms with Crippen molar-refractivity contribution in [2.45, 2.75) is 32.8 Å². The van der Waals surface area contributed by atoms with E-state index < -0.39 is 5.60 Å². The van der Waals surface area contributed by atoms with Gasteiger partial charge in [-0.2, -0.15) is 0 Å². The van der Waals surface area contributed by atoms with Crippen molar-refractivity contribution in [3.8, 4) is 11.8 Å². The van der Waals surface area contributed by atoms with Gasteiger partial charge in [0.15, 0.2) is 0 Å². The molecule has 1 rings (SSSR count). The quantitative estimate of drug-likeness (QED) is 0.812. The number of nitrogens with one attached hydrogen (secondary N) is 1. The van der Waals surface area contributed by atoms with Crippen LogP contribution in [0.2, 0.25) is 0 Å². The summed E-state index contributed by atoms with van der Waals surface area (Å²) >= 11 is 0. The average molecular weight is 259 g/mol. The summed E-state index contributed by atoms with van der Waals surface area (Å²) in [5.74, 6) is 5.05. The zero-order valence-electron chi connectivity index (χ0n) is 11.7. The lowest BCUT2D eigenvalue weighted by molar-refractivity contribution is -0.117. The highest BCUT2D eigenvalue weighted by Crippen LogP contribution is 2.18. The standard InChI is InChI=1S/C16H21NO2/c1-4-13(2)16(3,19)12-17-15(18)11-10-14-8-6-5-7-9-14/h5-9,13,19H,4,12H2,1-3H3,(H,17,18). The van der Waals surface area contributed by atoms with E-state index in [1.807, 2.05) is 44.2 Å². The molecule has 0 spiro atoms. The molecule has 2 N–H and O–H groups in total. The van der Waals surface area contributed by atoms with Gasteiger partial charge < -0.3 is 10.4 Å². The van der Waals surface area contributed by atoms with Gasteiger partial charge in [0.05, 0.1) is 5.60 Å². The Morgan fingerprint density at radius 3 is 2.63 bits per heavy atom. The van der Waals surface area contributed by atoms with Crippen LogP contribution in [0.1, 0.15) is 32.8 Å². The summed E-state index contributed by atoms with van der Waals surface area (Å²) in [5, 5.41) is 12.8. The molecule has 0 aliphatic heterocycles. The zero-order valence-corrected chi connectivity index (χ0v) is 11.7. The summed E-state index contributed by atoms with van der Waals surface area (Å²) in [6, 6.07) is 9.32. The Hall–Kier alpha value is -1.79. The maximum Gasteiger partial charge on any atom is 0.296 e. The third-order valence-electron chi connectivity index (χ3n) is 3.38. The highest BCUT2D eigenvalue weighted by Gasteiger charge is 2.27. The molecule has 1 amide bonds. The molecule has 0 aliphatic carbocycles. The molecule has 0 fully saturated rings. The summed E-state index contributed by atoms with van der Waals surface area (Å²) < 4.78 is 0. The SMILES string of the molecule is CCC(C)C(C)(O)CNC(=O)C#Cc1ccccc1. The highest BCUT2D eigenvalue weighted by molar-refractivity contribution is 5.94. The zero-order chi connectivity index (χ0) is 14.3. The van der Waals surface area contributed by atoms with Gasteiger partial charge >= 0.3 is 0 Å². The fourth-order valence-electron chi connectivity index (χ4n) is 1.57. The summed E-state index contributed by atoms with van der Waals surface area (Å²) in [4.78, 5) is 11.6. The van der Waals surface area contributed by atoms with Crippen molar-refractivity contribution in [1.29, 1.82) is 0 Å². The molecule has 19 heavy (non-hydrogen) atoms. The van der Waals surface area contributed by atoms with Gasteiger partial charge in [-0.05, 0) is 25.0 Å². The van der Waals surface area contributed by atoms with Crippen LogP contribution < -0.4 is 5.32 Å². The lowest BCUT2D eigenvalue weighted by Crippen LogP contribution is -2.44. The molecular weight excluding hydrogens is 238 g/mol. The number of hydrogen-bond donors (Lipinski definition) is 2. The number of benzene rings is 1. The van der Waals surface area contributed by atoms with Crippen LogP contribution in [-0.4, -0.2) is 23.2 Å². The average Bonchev–Trinajstić information content (AvgIpc) is 2.43. The second-order valence-electron chi connectivity index (χ2n) is 4.97. The first-order chi connectivity index (χ1) is 8.95. The van der Waals surface area contributed by atoms with Crippen LogP contribution >= 0.6 is 0 Å². The first kappa shape index (κ1) is 15.3. The van der Waals surface area contributed by atoms with Crippen LogP contribution in [0.5, 0.6) is 0 Å². The predicted octanol–water partition coefficient (Wildman–Crippen LogP) is 1.95. The van der Waals surface area contributed by atoms with E-state index in [1.54, 1.807) is 6.92 Å². The topological polar surface area (TPSA) is 49.3 Å². The molecule has 0 saturated heterocycles. The van der Waals surface area contributed by atoms with Crippen LogP contribution in [0.25, 0.3) is 0 Å². The van der Waals surface area contributed by atoms with Crippen molar-refractivity contribution in [2.24, 2.45) is 5.92 Å². The fourth-order valence-corrected chi connectivity index (χ4v) is 1.57. The first-order valence-electron chi connectivity index (χ1n) is 6.53. The fraction of sp³-hybridized carbons (Fsp3) is 0.438. The van der Waals surface area contributed by atoms with Gasteiger partial charge in [-0.25, -0.2) is 0 Å². The molecular formula is C16H21NO2. The van der Waals surface area contributed by atoms with E-state index in [0.717, 1.165) is 12.0 Å². The summed E-state index contributed by atoms with van der Waals surface area (Å²) in [7, 11) is 0. The molecule has 1 aromatic rings. The molecule has 1 aromatic carbocycles. The number of amides is 1. The Morgan fingerprint density at radius 2 is 2.05 bits per heavy atom. The van der Waals surface area contributed by atoms with Crippen LogP contribution in [-0.2, 0) is 4.79 Å². The van der Waals surface area contributed by atoms with E-state index in [0.29, 0.717) is 0 Å². The molecule has 0 aromatic heterocycles. The van der Waals surface area contributed by atoms with Crippen molar-refractivity contribution in [2.75, 3.05) is 6.54 Å². The van der Waals surface area contributed by atoms with Crippen molar-refractivity contribution in [3.05, 3.63) is 35.9 Å². The van der Waals surface area contributed by atoms with Crippen molar-refractivity contribution in [1.82, 2.24) is 5.32 Å². The van der Waals surface area contributed by atoms with Crippen molar-refractivity contribution >= 4 is 5.91 Å². The van der Waals surface area contributed by atoms with E-state index in [9.17, 15) is 9.90 Å². The third kappa shape index (κ3) is 5.15. The van der Waals surface area contributed by atoms with E-state index in [2.05, 4.69) is 17.2 Å². The minimum atomic E-state index is -0.904. The van der Waals surface area contributed by atoms with Gasteiger partial charge in [-0.1, -0.05) is 44.4 Å². The number of carbonyl (C=O) groups is 1. The Bertz CT molecular complexity index is 469. The molecule has 3 heteroatoms. The highest BCUT2D eigenvalue weighted by atomic mass is 16.3. The lowest BCUT2D eigenvalue weighted by Gasteiger charge is -2.29. The van der Waals surface area contributed by atoms with Gasteiger partial charge in [0.1, 0.15) is 0 Å². The lowest BCUT2D eigenvalue weighted by atomic mass is 9.89. The smallest absolute Gasteiger partial charge is 0.296 e. The Kier molecular flexibility index (Phi) is 5.59. The van der Waals surface area contributed by atoms with Crippen molar-refractivity contribution < 1.29 is 9.90 Å². The van der Waals surface area contributed by atoms with Gasteiger partial charge in [0, 0.05) is 18.0 Å². The summed E-state index contributed by atoms with van der Waals surface area (Å²) in [6.45, 7) is 5.91. The number of hydrogen-bond acceptors (Lipinski definition) is 2. The van der Waals surface area contributed by atoms with Crippen LogP contribution in [0.3, 0.4) is 0 Å². The minimum Gasteiger partial charge on any atom is -0.388 e. The molecule has 102 valence electrons. The molecule has 0 radical (unpaired) electrons. The molecule has 3 nitrogen and oxygen atoms in total. The normalized spacial score (nSPS) is 14.7. The van der Waals surface area contributed by atoms with Crippen molar-refractivity contribution in [3.63, 3.8) is 0 Å². The summed E-state index contributed by atoms with van der Waals surface area (Å²) in [5.41, 5.74) is -0.106. The number of aliphatic hydroxyl groups is 1. The molecule has 2 atom stereocenters. The van der Waals surface area contributed by atoms with Gasteiger partial charge in [-0.3, -0.25) is 4.79 Å². The molecule has 0 bridgehead atoms. The second-order valence-corrected chi connectivity index (χ2v) is 4.97. The first-order valence-corrected chi connectivity index (χ1v) is 6.53. The number of rotatable bonds is 4. The predicted molar refractivity (Wildman–Crippen MR) is 76.4 cm³/mol. The molecule has 0 heterocycles. The monoisotopic (exact) mass is 259 g/mol. The van der Waals surface area contributed by atoms with E-state index in [4.69, 9.17) is 0 Å². The maximum atomic E-state index is 11.6. The van der Waals surface area contributed by atoms with E-state index in [-0.39, 0.29) is 18.4 Å². The second kappa shape index (κ2) is 6.96. The molecule has 0 saturated carbocycles. The minimum absolute atomic E-state index is 0.120. The van der Waals surface area contributed by atoms with Crippen LogP contribution in [0, 0.1) is 17.8 Å². The van der Waals surface area contributed by atoms with Crippen LogP contribution in [0.15, 0.2) is 30.3 Å². The Morgan fingerprint density at radius 1 is 1.42 bits per heavy atom. The van der Waals surface area contributed by atoms with E-state index in [1.165, 1.54) is 0 Å². The third-order valence-corrected chi connectivity index (χ3v) is 3.38. The Balaban J connectivity index is 2.51. The van der Waals surface area contributed by atoms with Gasteiger partial charge in [0.25, 0.3) is 5.91 Å². The summed E-state index contributed by atoms with van der Waals surface area (Å²) in [6.07, 6.45) is 0.860. The molecule has 2 unspecified atom stereocenters. The van der Waals surface area contributed by atoms with Gasteiger partial charge in [0.2, 0.25) is 0 Å². The van der Waals surface area contributed by atoms with Crippen LogP contribution in [0.4, 0.5) is 0 Å². The number of carbonyl (C=O) groups excluding carboxylic acids is 1.